The third-order valence-corrected chi connectivity index (χ3v) is 7.57. The van der Waals surface area contributed by atoms with Crippen LogP contribution in [0.15, 0.2) is 0 Å². The van der Waals surface area contributed by atoms with Gasteiger partial charge in [-0.3, -0.25) is 0 Å². The highest BCUT2D eigenvalue weighted by Crippen LogP contribution is 2.49. The minimum Gasteiger partial charge on any atom is -0.368 e. The van der Waals surface area contributed by atoms with Crippen molar-refractivity contribution in [2.24, 2.45) is 0 Å². The molecule has 2 saturated heterocycles. The number of hydrogen-bond acceptors (Lipinski definition) is 5. The summed E-state index contributed by atoms with van der Waals surface area (Å²) in [6.07, 6.45) is 14.3. The number of anilines is 2. The van der Waals surface area contributed by atoms with E-state index in [4.69, 9.17) is 15.7 Å². The molecule has 5 rings (SSSR count). The summed E-state index contributed by atoms with van der Waals surface area (Å²) in [6.45, 7) is 4.86. The molecule has 0 unspecified atom stereocenters. The van der Waals surface area contributed by atoms with Crippen LogP contribution >= 0.6 is 0 Å². The Kier molecular flexibility index (Phi) is 4.30. The zero-order valence-electron chi connectivity index (χ0n) is 16.1. The van der Waals surface area contributed by atoms with Crippen LogP contribution in [-0.2, 0) is 11.8 Å². The van der Waals surface area contributed by atoms with E-state index in [1.54, 1.807) is 0 Å². The third-order valence-electron chi connectivity index (χ3n) is 7.57. The van der Waals surface area contributed by atoms with Crippen molar-refractivity contribution in [1.29, 1.82) is 0 Å². The highest BCUT2D eigenvalue weighted by molar-refractivity contribution is 5.55. The lowest BCUT2D eigenvalue weighted by Crippen LogP contribution is -2.45. The maximum atomic E-state index is 6.21. The van der Waals surface area contributed by atoms with E-state index in [-0.39, 0.29) is 0 Å². The lowest BCUT2D eigenvalue weighted by atomic mass is 9.71. The molecule has 0 atom stereocenters. The average Bonchev–Trinajstić information content (AvgIpc) is 3.35. The van der Waals surface area contributed by atoms with Gasteiger partial charge in [0.2, 0.25) is 5.95 Å². The van der Waals surface area contributed by atoms with Gasteiger partial charge < -0.3 is 15.5 Å². The number of aromatic nitrogens is 2. The topological polar surface area (TPSA) is 58.3 Å². The van der Waals surface area contributed by atoms with Crippen molar-refractivity contribution in [1.82, 2.24) is 14.9 Å². The normalized spacial score (nSPS) is 26.5. The average molecular weight is 356 g/mol. The van der Waals surface area contributed by atoms with Crippen LogP contribution in [0.5, 0.6) is 0 Å². The minimum absolute atomic E-state index is 0.313. The van der Waals surface area contributed by atoms with Crippen LogP contribution in [0.4, 0.5) is 11.8 Å². The fourth-order valence-electron chi connectivity index (χ4n) is 6.23. The number of nitrogens with zero attached hydrogens (tertiary/aromatic N) is 4. The van der Waals surface area contributed by atoms with E-state index in [2.05, 4.69) is 9.80 Å². The Labute approximate surface area is 157 Å². The number of nitrogen functional groups attached to an aromatic ring is 1. The van der Waals surface area contributed by atoms with Crippen molar-refractivity contribution in [3.8, 4) is 0 Å². The van der Waals surface area contributed by atoms with Crippen molar-refractivity contribution >= 4 is 11.8 Å². The van der Waals surface area contributed by atoms with Gasteiger partial charge in [0.1, 0.15) is 5.82 Å². The zero-order valence-corrected chi connectivity index (χ0v) is 16.1. The lowest BCUT2D eigenvalue weighted by Gasteiger charge is -2.40. The maximum absolute atomic E-state index is 6.21. The summed E-state index contributed by atoms with van der Waals surface area (Å²) in [5.41, 5.74) is 9.28. The van der Waals surface area contributed by atoms with E-state index in [1.165, 1.54) is 94.4 Å². The molecule has 26 heavy (non-hydrogen) atoms. The summed E-state index contributed by atoms with van der Waals surface area (Å²) < 4.78 is 0. The second-order valence-electron chi connectivity index (χ2n) is 9.03. The van der Waals surface area contributed by atoms with Crippen LogP contribution < -0.4 is 10.6 Å². The number of piperidine rings is 1. The largest absolute Gasteiger partial charge is 0.368 e. The molecule has 5 heteroatoms. The quantitative estimate of drug-likeness (QED) is 0.882. The SMILES string of the molecule is Nc1nc(N2CCC(N3CCCC3)CC2)c2c(n1)C1(CCCC1)CCC2. The Morgan fingerprint density at radius 1 is 0.846 bits per heavy atom. The molecule has 0 radical (unpaired) electrons. The number of rotatable bonds is 2. The first-order valence-corrected chi connectivity index (χ1v) is 10.9. The van der Waals surface area contributed by atoms with Gasteiger partial charge in [-0.2, -0.15) is 4.98 Å². The molecule has 5 nitrogen and oxygen atoms in total. The molecule has 0 amide bonds. The smallest absolute Gasteiger partial charge is 0.222 e. The van der Waals surface area contributed by atoms with E-state index < -0.39 is 0 Å². The standard InChI is InChI=1S/C21H33N5/c22-20-23-18-17(6-5-11-21(18)9-1-2-10-21)19(24-20)26-14-7-16(8-15-26)25-12-3-4-13-25/h16H,1-15H2,(H2,22,23,24). The van der Waals surface area contributed by atoms with Crippen LogP contribution in [0, 0.1) is 0 Å². The summed E-state index contributed by atoms with van der Waals surface area (Å²) in [6, 6.07) is 0.782. The Balaban J connectivity index is 1.40. The van der Waals surface area contributed by atoms with Gasteiger partial charge in [-0.25, -0.2) is 4.98 Å². The summed E-state index contributed by atoms with van der Waals surface area (Å²) in [5.74, 6) is 1.67. The fraction of sp³-hybridized carbons (Fsp3) is 0.810. The predicted octanol–water partition coefficient (Wildman–Crippen LogP) is 3.27. The predicted molar refractivity (Wildman–Crippen MR) is 106 cm³/mol. The first kappa shape index (κ1) is 16.8. The van der Waals surface area contributed by atoms with Crippen LogP contribution in [0.2, 0.25) is 0 Å². The summed E-state index contributed by atoms with van der Waals surface area (Å²) in [5, 5.41) is 0. The molecule has 0 aromatic carbocycles. The number of hydrogen-bond donors (Lipinski definition) is 1. The van der Waals surface area contributed by atoms with Crippen LogP contribution in [0.3, 0.4) is 0 Å². The minimum atomic E-state index is 0.313. The summed E-state index contributed by atoms with van der Waals surface area (Å²) in [7, 11) is 0. The first-order chi connectivity index (χ1) is 12.8. The van der Waals surface area contributed by atoms with Crippen molar-refractivity contribution < 1.29 is 0 Å². The molecule has 142 valence electrons. The molecule has 1 saturated carbocycles. The monoisotopic (exact) mass is 355 g/mol. The van der Waals surface area contributed by atoms with Crippen LogP contribution in [-0.4, -0.2) is 47.1 Å². The Hall–Kier alpha value is -1.36. The second-order valence-corrected chi connectivity index (χ2v) is 9.03. The maximum Gasteiger partial charge on any atom is 0.222 e. The summed E-state index contributed by atoms with van der Waals surface area (Å²) in [4.78, 5) is 14.8. The van der Waals surface area contributed by atoms with E-state index in [0.29, 0.717) is 11.4 Å². The molecule has 1 aromatic heterocycles. The molecular formula is C21H33N5. The molecule has 3 heterocycles. The lowest BCUT2D eigenvalue weighted by molar-refractivity contribution is 0.207. The van der Waals surface area contributed by atoms with Gasteiger partial charge in [0, 0.05) is 30.1 Å². The number of fused-ring (bicyclic) bond motifs is 2. The van der Waals surface area contributed by atoms with Crippen molar-refractivity contribution in [3.63, 3.8) is 0 Å². The molecule has 3 fully saturated rings. The molecule has 0 bridgehead atoms. The Morgan fingerprint density at radius 2 is 1.54 bits per heavy atom. The van der Waals surface area contributed by atoms with Gasteiger partial charge in [-0.05, 0) is 70.9 Å². The fourth-order valence-corrected chi connectivity index (χ4v) is 6.23. The number of likely N-dealkylation sites (tertiary alicyclic amines) is 1. The van der Waals surface area contributed by atoms with Gasteiger partial charge in [0.25, 0.3) is 0 Å². The van der Waals surface area contributed by atoms with Crippen molar-refractivity contribution in [2.75, 3.05) is 36.8 Å². The van der Waals surface area contributed by atoms with Crippen molar-refractivity contribution in [3.05, 3.63) is 11.3 Å². The Bertz CT molecular complexity index is 653. The van der Waals surface area contributed by atoms with E-state index in [9.17, 15) is 0 Å². The molecular weight excluding hydrogens is 322 g/mol. The highest BCUT2D eigenvalue weighted by Gasteiger charge is 2.42. The van der Waals surface area contributed by atoms with Crippen LogP contribution in [0.25, 0.3) is 0 Å². The highest BCUT2D eigenvalue weighted by atomic mass is 15.3. The van der Waals surface area contributed by atoms with Gasteiger partial charge >= 0.3 is 0 Å². The first-order valence-electron chi connectivity index (χ1n) is 10.9. The van der Waals surface area contributed by atoms with Crippen LogP contribution in [0.1, 0.15) is 75.5 Å². The summed E-state index contributed by atoms with van der Waals surface area (Å²) >= 11 is 0. The van der Waals surface area contributed by atoms with Gasteiger partial charge in [0.15, 0.2) is 0 Å². The number of nitrogens with two attached hydrogens (primary N) is 1. The Morgan fingerprint density at radius 3 is 2.27 bits per heavy atom. The van der Waals surface area contributed by atoms with E-state index in [1.807, 2.05) is 0 Å². The van der Waals surface area contributed by atoms with Gasteiger partial charge in [-0.1, -0.05) is 12.8 Å². The molecule has 2 aliphatic carbocycles. The van der Waals surface area contributed by atoms with Gasteiger partial charge in [-0.15, -0.1) is 0 Å². The van der Waals surface area contributed by atoms with Gasteiger partial charge in [0.05, 0.1) is 5.69 Å². The third kappa shape index (κ3) is 2.79. The molecule has 2 aliphatic heterocycles. The molecule has 4 aliphatic rings. The molecule has 1 spiro atoms. The van der Waals surface area contributed by atoms with E-state index in [0.717, 1.165) is 25.6 Å². The zero-order chi connectivity index (χ0) is 17.6. The van der Waals surface area contributed by atoms with E-state index >= 15 is 0 Å². The van der Waals surface area contributed by atoms with Crippen molar-refractivity contribution in [2.45, 2.75) is 82.1 Å². The second kappa shape index (κ2) is 6.66. The molecule has 1 aromatic rings. The molecule has 2 N–H and O–H groups in total.